The molecule has 2 fully saturated rings. The van der Waals surface area contributed by atoms with Crippen molar-refractivity contribution in [3.05, 3.63) is 53.9 Å². The van der Waals surface area contributed by atoms with Crippen LogP contribution in [0.15, 0.2) is 42.6 Å². The molecule has 0 atom stereocenters. The molecule has 2 aliphatic heterocycles. The zero-order chi connectivity index (χ0) is 19.3. The summed E-state index contributed by atoms with van der Waals surface area (Å²) in [5, 5.41) is 0. The van der Waals surface area contributed by atoms with E-state index in [9.17, 15) is 4.79 Å². The van der Waals surface area contributed by atoms with Crippen molar-refractivity contribution in [2.24, 2.45) is 0 Å². The van der Waals surface area contributed by atoms with Gasteiger partial charge in [0.2, 0.25) is 0 Å². The van der Waals surface area contributed by atoms with Gasteiger partial charge in [0, 0.05) is 56.8 Å². The Morgan fingerprint density at radius 3 is 2.11 bits per heavy atom. The fourth-order valence-corrected chi connectivity index (χ4v) is 4.22. The smallest absolute Gasteiger partial charge is 0.272 e. The average molecular weight is 379 g/mol. The molecule has 0 N–H and O–H groups in total. The van der Waals surface area contributed by atoms with E-state index in [1.54, 1.807) is 6.20 Å². The number of anilines is 2. The molecule has 1 amide bonds. The van der Waals surface area contributed by atoms with E-state index < -0.39 is 0 Å². The standard InChI is InChI=1S/C23H30N4O/c1-19-7-6-8-20(17-19)25-13-15-26(16-14-25)21-9-10-24-22(18-21)23(28)27-11-4-2-3-5-12-27/h6-10,17-18H,2-5,11-16H2,1H3. The van der Waals surface area contributed by atoms with E-state index in [4.69, 9.17) is 0 Å². The van der Waals surface area contributed by atoms with Crippen LogP contribution in [0.5, 0.6) is 0 Å². The first-order valence-electron chi connectivity index (χ1n) is 10.5. The predicted molar refractivity (Wildman–Crippen MR) is 114 cm³/mol. The van der Waals surface area contributed by atoms with Crippen LogP contribution in [0, 0.1) is 6.92 Å². The van der Waals surface area contributed by atoms with Gasteiger partial charge in [0.15, 0.2) is 0 Å². The van der Waals surface area contributed by atoms with Gasteiger partial charge in [-0.25, -0.2) is 0 Å². The number of carbonyl (C=O) groups excluding carboxylic acids is 1. The summed E-state index contributed by atoms with van der Waals surface area (Å²) in [4.78, 5) is 24.1. The van der Waals surface area contributed by atoms with Crippen LogP contribution < -0.4 is 9.80 Å². The number of hydrogen-bond acceptors (Lipinski definition) is 4. The van der Waals surface area contributed by atoms with Crippen molar-refractivity contribution >= 4 is 17.3 Å². The highest BCUT2D eigenvalue weighted by Gasteiger charge is 2.21. The van der Waals surface area contributed by atoms with Crippen LogP contribution >= 0.6 is 0 Å². The molecule has 2 aromatic rings. The molecule has 3 heterocycles. The molecule has 0 saturated carbocycles. The predicted octanol–water partition coefficient (Wildman–Crippen LogP) is 3.73. The molecule has 5 nitrogen and oxygen atoms in total. The van der Waals surface area contributed by atoms with Crippen molar-refractivity contribution < 1.29 is 4.79 Å². The maximum absolute atomic E-state index is 12.9. The number of nitrogens with zero attached hydrogens (tertiary/aromatic N) is 4. The Morgan fingerprint density at radius 2 is 1.46 bits per heavy atom. The lowest BCUT2D eigenvalue weighted by atomic mass is 10.2. The minimum atomic E-state index is 0.0853. The Morgan fingerprint density at radius 1 is 0.821 bits per heavy atom. The van der Waals surface area contributed by atoms with Crippen molar-refractivity contribution in [2.75, 3.05) is 49.1 Å². The molecule has 2 saturated heterocycles. The van der Waals surface area contributed by atoms with Crippen LogP contribution in [0.4, 0.5) is 11.4 Å². The lowest BCUT2D eigenvalue weighted by Gasteiger charge is -2.37. The Balaban J connectivity index is 1.41. The summed E-state index contributed by atoms with van der Waals surface area (Å²) in [6.07, 6.45) is 6.44. The Bertz CT molecular complexity index is 806. The molecular weight excluding hydrogens is 348 g/mol. The first-order chi connectivity index (χ1) is 13.7. The highest BCUT2D eigenvalue weighted by Crippen LogP contribution is 2.22. The first-order valence-corrected chi connectivity index (χ1v) is 10.5. The third-order valence-electron chi connectivity index (χ3n) is 5.87. The van der Waals surface area contributed by atoms with Crippen LogP contribution in [0.3, 0.4) is 0 Å². The van der Waals surface area contributed by atoms with Gasteiger partial charge in [0.25, 0.3) is 5.91 Å². The second-order valence-corrected chi connectivity index (χ2v) is 7.92. The van der Waals surface area contributed by atoms with E-state index >= 15 is 0 Å². The molecule has 5 heteroatoms. The summed E-state index contributed by atoms with van der Waals surface area (Å²) in [5.41, 5.74) is 4.29. The van der Waals surface area contributed by atoms with Gasteiger partial charge in [-0.1, -0.05) is 25.0 Å². The van der Waals surface area contributed by atoms with Crippen LogP contribution in [-0.4, -0.2) is 55.1 Å². The van der Waals surface area contributed by atoms with E-state index in [0.717, 1.165) is 57.8 Å². The SMILES string of the molecule is Cc1cccc(N2CCN(c3ccnc(C(=O)N4CCCCCC4)c3)CC2)c1. The van der Waals surface area contributed by atoms with Gasteiger partial charge in [-0.2, -0.15) is 0 Å². The number of amides is 1. The molecule has 2 aliphatic rings. The lowest BCUT2D eigenvalue weighted by molar-refractivity contribution is 0.0756. The third-order valence-corrected chi connectivity index (χ3v) is 5.87. The number of carbonyl (C=O) groups is 1. The highest BCUT2D eigenvalue weighted by molar-refractivity contribution is 5.93. The van der Waals surface area contributed by atoms with Gasteiger partial charge < -0.3 is 14.7 Å². The molecule has 0 bridgehead atoms. The van der Waals surface area contributed by atoms with Crippen LogP contribution in [0.1, 0.15) is 41.7 Å². The summed E-state index contributed by atoms with van der Waals surface area (Å²) in [5.74, 6) is 0.0853. The van der Waals surface area contributed by atoms with E-state index in [2.05, 4.69) is 46.0 Å². The molecule has 4 rings (SSSR count). The maximum Gasteiger partial charge on any atom is 0.272 e. The summed E-state index contributed by atoms with van der Waals surface area (Å²) >= 11 is 0. The van der Waals surface area contributed by atoms with Crippen molar-refractivity contribution in [2.45, 2.75) is 32.6 Å². The quantitative estimate of drug-likeness (QED) is 0.816. The largest absolute Gasteiger partial charge is 0.368 e. The summed E-state index contributed by atoms with van der Waals surface area (Å²) in [6.45, 7) is 7.74. The molecule has 148 valence electrons. The molecule has 0 unspecified atom stereocenters. The third kappa shape index (κ3) is 4.29. The van der Waals surface area contributed by atoms with Gasteiger partial charge in [-0.3, -0.25) is 9.78 Å². The lowest BCUT2D eigenvalue weighted by Crippen LogP contribution is -2.46. The number of rotatable bonds is 3. The molecule has 1 aromatic heterocycles. The number of piperazine rings is 1. The Labute approximate surface area is 168 Å². The van der Waals surface area contributed by atoms with Crippen LogP contribution in [-0.2, 0) is 0 Å². The normalized spacial score (nSPS) is 18.1. The van der Waals surface area contributed by atoms with E-state index in [1.165, 1.54) is 24.1 Å². The monoisotopic (exact) mass is 378 g/mol. The Kier molecular flexibility index (Phi) is 5.79. The molecular formula is C23H30N4O. The van der Waals surface area contributed by atoms with Crippen molar-refractivity contribution in [1.29, 1.82) is 0 Å². The fourth-order valence-electron chi connectivity index (χ4n) is 4.22. The zero-order valence-electron chi connectivity index (χ0n) is 16.8. The van der Waals surface area contributed by atoms with E-state index in [-0.39, 0.29) is 5.91 Å². The van der Waals surface area contributed by atoms with Crippen molar-refractivity contribution in [3.63, 3.8) is 0 Å². The second kappa shape index (κ2) is 8.63. The van der Waals surface area contributed by atoms with Gasteiger partial charge in [-0.15, -0.1) is 0 Å². The number of hydrogen-bond donors (Lipinski definition) is 0. The van der Waals surface area contributed by atoms with Gasteiger partial charge in [0.05, 0.1) is 0 Å². The topological polar surface area (TPSA) is 39.7 Å². The molecule has 28 heavy (non-hydrogen) atoms. The summed E-state index contributed by atoms with van der Waals surface area (Å²) in [6, 6.07) is 12.7. The highest BCUT2D eigenvalue weighted by atomic mass is 16.2. The van der Waals surface area contributed by atoms with E-state index in [1.807, 2.05) is 17.0 Å². The first kappa shape index (κ1) is 18.8. The van der Waals surface area contributed by atoms with Crippen molar-refractivity contribution in [1.82, 2.24) is 9.88 Å². The second-order valence-electron chi connectivity index (χ2n) is 7.92. The molecule has 1 aromatic carbocycles. The minimum Gasteiger partial charge on any atom is -0.368 e. The summed E-state index contributed by atoms with van der Waals surface area (Å²) in [7, 11) is 0. The zero-order valence-corrected chi connectivity index (χ0v) is 16.8. The molecule has 0 aliphatic carbocycles. The van der Waals surface area contributed by atoms with Crippen LogP contribution in [0.2, 0.25) is 0 Å². The number of pyridine rings is 1. The number of likely N-dealkylation sites (tertiary alicyclic amines) is 1. The molecule has 0 radical (unpaired) electrons. The van der Waals surface area contributed by atoms with Gasteiger partial charge in [0.1, 0.15) is 5.69 Å². The minimum absolute atomic E-state index is 0.0853. The summed E-state index contributed by atoms with van der Waals surface area (Å²) < 4.78 is 0. The molecule has 0 spiro atoms. The number of aryl methyl sites for hydroxylation is 1. The van der Waals surface area contributed by atoms with Crippen molar-refractivity contribution in [3.8, 4) is 0 Å². The van der Waals surface area contributed by atoms with Gasteiger partial charge in [-0.05, 0) is 49.6 Å². The Hall–Kier alpha value is -2.56. The maximum atomic E-state index is 12.9. The van der Waals surface area contributed by atoms with Crippen LogP contribution in [0.25, 0.3) is 0 Å². The van der Waals surface area contributed by atoms with E-state index in [0.29, 0.717) is 5.69 Å². The van der Waals surface area contributed by atoms with Gasteiger partial charge >= 0.3 is 0 Å². The number of aromatic nitrogens is 1. The number of benzene rings is 1. The fraction of sp³-hybridized carbons (Fsp3) is 0.478. The average Bonchev–Trinajstić information content (AvgIpc) is 3.03.